The summed E-state index contributed by atoms with van der Waals surface area (Å²) in [4.78, 5) is 1.19. The molecular weight excluding hydrogens is 206 g/mol. The number of aliphatic hydroxyl groups is 1. The first-order chi connectivity index (χ1) is 7.24. The molecule has 2 atom stereocenters. The van der Waals surface area contributed by atoms with E-state index in [0.29, 0.717) is 0 Å². The number of aromatic nitrogens is 1. The second-order valence-electron chi connectivity index (χ2n) is 3.83. The molecular formula is C12H15NOS. The van der Waals surface area contributed by atoms with Crippen molar-refractivity contribution in [3.05, 3.63) is 29.1 Å². The summed E-state index contributed by atoms with van der Waals surface area (Å²) in [6.07, 6.45) is 0.516. The number of aliphatic hydroxyl groups excluding tert-OH is 1. The highest BCUT2D eigenvalue weighted by molar-refractivity contribution is 7.07. The number of fused-ring (bicyclic) bond motifs is 1. The Bertz CT molecular complexity index is 452. The van der Waals surface area contributed by atoms with Crippen molar-refractivity contribution in [1.82, 2.24) is 4.37 Å². The summed E-state index contributed by atoms with van der Waals surface area (Å²) in [6, 6.07) is 8.10. The Morgan fingerprint density at radius 1 is 1.40 bits per heavy atom. The monoisotopic (exact) mass is 221 g/mol. The lowest BCUT2D eigenvalue weighted by Crippen LogP contribution is -2.13. The summed E-state index contributed by atoms with van der Waals surface area (Å²) in [5.74, 6) is 0.174. The summed E-state index contributed by atoms with van der Waals surface area (Å²) in [7, 11) is 0. The van der Waals surface area contributed by atoms with E-state index in [2.05, 4.69) is 17.4 Å². The van der Waals surface area contributed by atoms with Crippen LogP contribution in [0.3, 0.4) is 0 Å². The lowest BCUT2D eigenvalue weighted by molar-refractivity contribution is 0.147. The van der Waals surface area contributed by atoms with Crippen molar-refractivity contribution in [2.24, 2.45) is 0 Å². The Balaban J connectivity index is 2.43. The maximum atomic E-state index is 9.84. The Kier molecular flexibility index (Phi) is 3.03. The van der Waals surface area contributed by atoms with Crippen LogP contribution in [0, 0.1) is 0 Å². The zero-order valence-corrected chi connectivity index (χ0v) is 9.79. The molecule has 1 aromatic heterocycles. The first-order valence-corrected chi connectivity index (χ1v) is 6.03. The molecule has 1 N–H and O–H groups in total. The van der Waals surface area contributed by atoms with Crippen molar-refractivity contribution in [3.63, 3.8) is 0 Å². The summed E-state index contributed by atoms with van der Waals surface area (Å²) in [5, 5.41) is 11.0. The third-order valence-electron chi connectivity index (χ3n) is 2.82. The molecule has 0 saturated heterocycles. The normalized spacial score (nSPS) is 15.4. The zero-order valence-electron chi connectivity index (χ0n) is 8.97. The predicted octanol–water partition coefficient (Wildman–Crippen LogP) is 3.17. The van der Waals surface area contributed by atoms with E-state index >= 15 is 0 Å². The first-order valence-electron chi connectivity index (χ1n) is 5.26. The summed E-state index contributed by atoms with van der Waals surface area (Å²) >= 11 is 1.50. The van der Waals surface area contributed by atoms with E-state index in [1.54, 1.807) is 0 Å². The van der Waals surface area contributed by atoms with Crippen LogP contribution in [0.5, 0.6) is 0 Å². The molecule has 0 bridgehead atoms. The van der Waals surface area contributed by atoms with Gasteiger partial charge in [-0.25, -0.2) is 0 Å². The lowest BCUT2D eigenvalue weighted by atomic mass is 9.98. The molecule has 15 heavy (non-hydrogen) atoms. The molecule has 0 aliphatic rings. The number of nitrogens with zero attached hydrogens (tertiary/aromatic N) is 1. The van der Waals surface area contributed by atoms with Gasteiger partial charge >= 0.3 is 0 Å². The molecule has 0 aliphatic carbocycles. The second-order valence-corrected chi connectivity index (χ2v) is 4.63. The highest BCUT2D eigenvalue weighted by atomic mass is 32.1. The van der Waals surface area contributed by atoms with Gasteiger partial charge in [0, 0.05) is 16.2 Å². The molecule has 80 valence electrons. The van der Waals surface area contributed by atoms with Crippen molar-refractivity contribution in [2.75, 3.05) is 0 Å². The van der Waals surface area contributed by atoms with Crippen molar-refractivity contribution in [3.8, 4) is 0 Å². The van der Waals surface area contributed by atoms with Gasteiger partial charge in [0.05, 0.1) is 11.6 Å². The van der Waals surface area contributed by atoms with E-state index in [1.165, 1.54) is 21.8 Å². The minimum Gasteiger partial charge on any atom is -0.392 e. The molecule has 0 amide bonds. The van der Waals surface area contributed by atoms with Crippen LogP contribution in [0.1, 0.15) is 31.1 Å². The molecule has 2 aromatic rings. The van der Waals surface area contributed by atoms with Crippen LogP contribution in [-0.2, 0) is 0 Å². The maximum absolute atomic E-state index is 9.84. The van der Waals surface area contributed by atoms with Crippen molar-refractivity contribution < 1.29 is 5.11 Å². The van der Waals surface area contributed by atoms with Gasteiger partial charge in [-0.05, 0) is 24.0 Å². The highest BCUT2D eigenvalue weighted by Crippen LogP contribution is 2.31. The molecule has 0 spiro atoms. The van der Waals surface area contributed by atoms with E-state index in [9.17, 15) is 5.11 Å². The quantitative estimate of drug-likeness (QED) is 0.863. The molecule has 1 aromatic carbocycles. The van der Waals surface area contributed by atoms with Gasteiger partial charge in [0.25, 0.3) is 0 Å². The topological polar surface area (TPSA) is 33.1 Å². The first kappa shape index (κ1) is 10.6. The third-order valence-corrected chi connectivity index (χ3v) is 3.90. The van der Waals surface area contributed by atoms with Crippen LogP contribution in [0.15, 0.2) is 24.3 Å². The Morgan fingerprint density at radius 3 is 2.87 bits per heavy atom. The van der Waals surface area contributed by atoms with Gasteiger partial charge < -0.3 is 5.11 Å². The van der Waals surface area contributed by atoms with Gasteiger partial charge in [-0.3, -0.25) is 0 Å². The minimum atomic E-state index is -0.270. The van der Waals surface area contributed by atoms with E-state index < -0.39 is 0 Å². The highest BCUT2D eigenvalue weighted by Gasteiger charge is 2.18. The van der Waals surface area contributed by atoms with Gasteiger partial charge in [0.1, 0.15) is 0 Å². The number of rotatable bonds is 3. The molecule has 0 saturated carbocycles. The Morgan fingerprint density at radius 2 is 2.13 bits per heavy atom. The van der Waals surface area contributed by atoms with Gasteiger partial charge in [0.2, 0.25) is 0 Å². The Hall–Kier alpha value is -0.930. The van der Waals surface area contributed by atoms with Crippen LogP contribution < -0.4 is 0 Å². The zero-order chi connectivity index (χ0) is 10.8. The number of benzene rings is 1. The molecule has 0 fully saturated rings. The Labute approximate surface area is 93.7 Å². The van der Waals surface area contributed by atoms with E-state index in [4.69, 9.17) is 0 Å². The number of hydrogen-bond acceptors (Lipinski definition) is 3. The van der Waals surface area contributed by atoms with Crippen molar-refractivity contribution >= 4 is 22.4 Å². The lowest BCUT2D eigenvalue weighted by Gasteiger charge is -2.15. The third kappa shape index (κ3) is 1.90. The van der Waals surface area contributed by atoms with Crippen LogP contribution in [0.25, 0.3) is 10.9 Å². The van der Waals surface area contributed by atoms with E-state index in [0.717, 1.165) is 11.9 Å². The SMILES string of the molecule is CCC(O)C(C)c1snc2ccccc12. The van der Waals surface area contributed by atoms with Gasteiger partial charge in [0.15, 0.2) is 0 Å². The maximum Gasteiger partial charge on any atom is 0.0843 e. The van der Waals surface area contributed by atoms with Gasteiger partial charge in [-0.1, -0.05) is 32.0 Å². The minimum absolute atomic E-state index is 0.174. The van der Waals surface area contributed by atoms with Crippen molar-refractivity contribution in [1.29, 1.82) is 0 Å². The van der Waals surface area contributed by atoms with Crippen LogP contribution in [-0.4, -0.2) is 15.6 Å². The molecule has 2 nitrogen and oxygen atoms in total. The molecule has 2 unspecified atom stereocenters. The van der Waals surface area contributed by atoms with Crippen LogP contribution >= 0.6 is 11.5 Å². The molecule has 2 rings (SSSR count). The smallest absolute Gasteiger partial charge is 0.0843 e. The fraction of sp³-hybridized carbons (Fsp3) is 0.417. The predicted molar refractivity (Wildman–Crippen MR) is 64.3 cm³/mol. The largest absolute Gasteiger partial charge is 0.392 e. The molecule has 1 heterocycles. The standard InChI is InChI=1S/C12H15NOS/c1-3-11(14)8(2)12-9-6-4-5-7-10(9)13-15-12/h4-8,11,14H,3H2,1-2H3. The molecule has 0 aliphatic heterocycles. The molecule has 0 radical (unpaired) electrons. The van der Waals surface area contributed by atoms with E-state index in [1.807, 2.05) is 25.1 Å². The van der Waals surface area contributed by atoms with Gasteiger partial charge in [-0.2, -0.15) is 4.37 Å². The average molecular weight is 221 g/mol. The van der Waals surface area contributed by atoms with E-state index in [-0.39, 0.29) is 12.0 Å². The van der Waals surface area contributed by atoms with Crippen LogP contribution in [0.4, 0.5) is 0 Å². The fourth-order valence-corrected chi connectivity index (χ4v) is 2.72. The summed E-state index contributed by atoms with van der Waals surface area (Å²) < 4.78 is 4.39. The summed E-state index contributed by atoms with van der Waals surface area (Å²) in [6.45, 7) is 4.07. The van der Waals surface area contributed by atoms with Crippen LogP contribution in [0.2, 0.25) is 0 Å². The fourth-order valence-electron chi connectivity index (χ4n) is 1.77. The number of hydrogen-bond donors (Lipinski definition) is 1. The second kappa shape index (κ2) is 4.29. The van der Waals surface area contributed by atoms with Gasteiger partial charge in [-0.15, -0.1) is 0 Å². The average Bonchev–Trinajstić information content (AvgIpc) is 2.70. The molecule has 3 heteroatoms. The van der Waals surface area contributed by atoms with Crippen molar-refractivity contribution in [2.45, 2.75) is 32.3 Å². The summed E-state index contributed by atoms with van der Waals surface area (Å²) in [5.41, 5.74) is 1.03.